The third-order valence-corrected chi connectivity index (χ3v) is 5.16. The highest BCUT2D eigenvalue weighted by Crippen LogP contribution is 2.20. The molecule has 0 radical (unpaired) electrons. The molecule has 1 aliphatic heterocycles. The van der Waals surface area contributed by atoms with Crippen molar-refractivity contribution in [1.82, 2.24) is 10.3 Å². The van der Waals surface area contributed by atoms with Gasteiger partial charge in [0.2, 0.25) is 5.91 Å². The van der Waals surface area contributed by atoms with E-state index in [9.17, 15) is 4.79 Å². The molecule has 0 aliphatic carbocycles. The van der Waals surface area contributed by atoms with Crippen molar-refractivity contribution in [2.75, 3.05) is 13.1 Å². The van der Waals surface area contributed by atoms with Crippen molar-refractivity contribution < 1.29 is 4.79 Å². The van der Waals surface area contributed by atoms with E-state index in [1.165, 1.54) is 5.56 Å². The molecule has 1 amide bonds. The first kappa shape index (κ1) is 18.9. The zero-order valence-corrected chi connectivity index (χ0v) is 15.9. The molecule has 0 bridgehead atoms. The van der Waals surface area contributed by atoms with Gasteiger partial charge in [0.05, 0.1) is 6.21 Å². The summed E-state index contributed by atoms with van der Waals surface area (Å²) >= 11 is 12.0. The van der Waals surface area contributed by atoms with Crippen molar-refractivity contribution in [3.63, 3.8) is 0 Å². The number of hydrogen-bond acceptors (Lipinski definition) is 3. The highest BCUT2D eigenvalue weighted by atomic mass is 35.5. The van der Waals surface area contributed by atoms with Gasteiger partial charge < -0.3 is 0 Å². The van der Waals surface area contributed by atoms with Gasteiger partial charge in [-0.15, -0.1) is 0 Å². The summed E-state index contributed by atoms with van der Waals surface area (Å²) in [6.07, 6.45) is 3.25. The number of piperidine rings is 1. The molecule has 2 aromatic rings. The van der Waals surface area contributed by atoms with Gasteiger partial charge in [-0.1, -0.05) is 53.5 Å². The van der Waals surface area contributed by atoms with Gasteiger partial charge in [0.15, 0.2) is 0 Å². The molecule has 0 saturated carbocycles. The molecule has 0 atom stereocenters. The molecule has 0 spiro atoms. The molecular formula is C20H21Cl2N3O. The molecular weight excluding hydrogens is 369 g/mol. The molecule has 0 aromatic heterocycles. The van der Waals surface area contributed by atoms with Crippen LogP contribution in [0.4, 0.5) is 0 Å². The molecule has 1 fully saturated rings. The lowest BCUT2D eigenvalue weighted by atomic mass is 9.96. The van der Waals surface area contributed by atoms with Crippen LogP contribution in [-0.4, -0.2) is 30.1 Å². The topological polar surface area (TPSA) is 44.7 Å². The van der Waals surface area contributed by atoms with E-state index >= 15 is 0 Å². The number of nitrogens with zero attached hydrogens (tertiary/aromatic N) is 2. The van der Waals surface area contributed by atoms with E-state index in [4.69, 9.17) is 23.2 Å². The Morgan fingerprint density at radius 3 is 2.50 bits per heavy atom. The van der Waals surface area contributed by atoms with Crippen LogP contribution in [0.25, 0.3) is 0 Å². The molecule has 136 valence electrons. The Morgan fingerprint density at radius 1 is 1.12 bits per heavy atom. The summed E-state index contributed by atoms with van der Waals surface area (Å²) < 4.78 is 0. The van der Waals surface area contributed by atoms with E-state index < -0.39 is 0 Å². The van der Waals surface area contributed by atoms with E-state index in [0.29, 0.717) is 5.02 Å². The van der Waals surface area contributed by atoms with Crippen molar-refractivity contribution in [3.05, 3.63) is 69.7 Å². The van der Waals surface area contributed by atoms with Crippen LogP contribution >= 0.6 is 23.2 Å². The van der Waals surface area contributed by atoms with Crippen molar-refractivity contribution in [3.8, 4) is 0 Å². The van der Waals surface area contributed by atoms with E-state index in [1.807, 2.05) is 42.5 Å². The van der Waals surface area contributed by atoms with Gasteiger partial charge >= 0.3 is 0 Å². The van der Waals surface area contributed by atoms with Crippen LogP contribution in [0.5, 0.6) is 0 Å². The quantitative estimate of drug-likeness (QED) is 0.609. The molecule has 1 heterocycles. The fourth-order valence-electron chi connectivity index (χ4n) is 3.04. The van der Waals surface area contributed by atoms with Gasteiger partial charge in [0, 0.05) is 28.1 Å². The lowest BCUT2D eigenvalue weighted by Gasteiger charge is -2.30. The minimum absolute atomic E-state index is 0.000127. The first-order valence-electron chi connectivity index (χ1n) is 8.66. The van der Waals surface area contributed by atoms with Crippen LogP contribution in [0.2, 0.25) is 10.0 Å². The van der Waals surface area contributed by atoms with Crippen LogP contribution in [-0.2, 0) is 11.3 Å². The van der Waals surface area contributed by atoms with Crippen LogP contribution < -0.4 is 5.43 Å². The maximum absolute atomic E-state index is 12.3. The van der Waals surface area contributed by atoms with E-state index in [-0.39, 0.29) is 11.8 Å². The summed E-state index contributed by atoms with van der Waals surface area (Å²) in [6.45, 7) is 2.68. The molecule has 1 aliphatic rings. The number of carbonyl (C=O) groups is 1. The number of carbonyl (C=O) groups excluding carboxylic acids is 1. The predicted octanol–water partition coefficient (Wildman–Crippen LogP) is 4.36. The Morgan fingerprint density at radius 2 is 1.81 bits per heavy atom. The Balaban J connectivity index is 1.44. The Kier molecular flexibility index (Phi) is 6.67. The first-order chi connectivity index (χ1) is 12.6. The fourth-order valence-corrected chi connectivity index (χ4v) is 3.35. The van der Waals surface area contributed by atoms with Crippen LogP contribution in [0, 0.1) is 5.92 Å². The van der Waals surface area contributed by atoms with Crippen LogP contribution in [0.1, 0.15) is 24.0 Å². The highest BCUT2D eigenvalue weighted by molar-refractivity contribution is 6.33. The molecule has 26 heavy (non-hydrogen) atoms. The number of rotatable bonds is 5. The smallest absolute Gasteiger partial charge is 0.243 e. The van der Waals surface area contributed by atoms with Crippen LogP contribution in [0.15, 0.2) is 53.6 Å². The third-order valence-electron chi connectivity index (χ3n) is 4.56. The average Bonchev–Trinajstić information content (AvgIpc) is 2.66. The van der Waals surface area contributed by atoms with Gasteiger partial charge in [-0.3, -0.25) is 9.69 Å². The summed E-state index contributed by atoms with van der Waals surface area (Å²) in [4.78, 5) is 14.6. The lowest BCUT2D eigenvalue weighted by Crippen LogP contribution is -2.39. The van der Waals surface area contributed by atoms with Crippen molar-refractivity contribution in [1.29, 1.82) is 0 Å². The third kappa shape index (κ3) is 5.31. The van der Waals surface area contributed by atoms with Crippen molar-refractivity contribution in [2.45, 2.75) is 19.4 Å². The monoisotopic (exact) mass is 389 g/mol. The second kappa shape index (κ2) is 9.17. The predicted molar refractivity (Wildman–Crippen MR) is 107 cm³/mol. The summed E-state index contributed by atoms with van der Waals surface area (Å²) in [7, 11) is 0. The lowest BCUT2D eigenvalue weighted by molar-refractivity contribution is -0.126. The number of likely N-dealkylation sites (tertiary alicyclic amines) is 1. The van der Waals surface area contributed by atoms with Gasteiger partial charge in [-0.2, -0.15) is 5.10 Å². The molecule has 0 unspecified atom stereocenters. The number of nitrogens with one attached hydrogen (secondary N) is 1. The maximum atomic E-state index is 12.3. The summed E-state index contributed by atoms with van der Waals surface area (Å²) in [5.74, 6) is -0.0284. The Labute approximate surface area is 163 Å². The highest BCUT2D eigenvalue weighted by Gasteiger charge is 2.24. The van der Waals surface area contributed by atoms with E-state index in [1.54, 1.807) is 12.3 Å². The molecule has 4 nitrogen and oxygen atoms in total. The molecule has 1 N–H and O–H groups in total. The Bertz CT molecular complexity index is 769. The zero-order chi connectivity index (χ0) is 18.4. The molecule has 2 aromatic carbocycles. The first-order valence-corrected chi connectivity index (χ1v) is 9.41. The maximum Gasteiger partial charge on any atom is 0.243 e. The van der Waals surface area contributed by atoms with Gasteiger partial charge in [-0.25, -0.2) is 5.43 Å². The fraction of sp³-hybridized carbons (Fsp3) is 0.300. The summed E-state index contributed by atoms with van der Waals surface area (Å²) in [5.41, 5.74) is 4.66. The minimum Gasteiger partial charge on any atom is -0.299 e. The molecule has 1 saturated heterocycles. The summed E-state index contributed by atoms with van der Waals surface area (Å²) in [5, 5.41) is 5.40. The number of hydrazone groups is 1. The number of benzene rings is 2. The van der Waals surface area contributed by atoms with Crippen LogP contribution in [0.3, 0.4) is 0 Å². The van der Waals surface area contributed by atoms with Crippen molar-refractivity contribution in [2.24, 2.45) is 11.0 Å². The number of amides is 1. The number of hydrogen-bond donors (Lipinski definition) is 1. The second-order valence-electron chi connectivity index (χ2n) is 6.43. The van der Waals surface area contributed by atoms with Crippen molar-refractivity contribution >= 4 is 35.3 Å². The van der Waals surface area contributed by atoms with Gasteiger partial charge in [0.25, 0.3) is 0 Å². The van der Waals surface area contributed by atoms with Gasteiger partial charge in [0.1, 0.15) is 0 Å². The molecule has 3 rings (SSSR count). The van der Waals surface area contributed by atoms with E-state index in [2.05, 4.69) is 15.4 Å². The summed E-state index contributed by atoms with van der Waals surface area (Å²) in [6, 6.07) is 15.3. The normalized spacial score (nSPS) is 16.1. The standard InChI is InChI=1S/C20H21Cl2N3O/c21-18-7-5-15(6-8-18)14-25-11-9-16(10-12-25)20(26)24-23-13-17-3-1-2-4-19(17)22/h1-8,13,16H,9-12,14H2,(H,24,26). The number of halogens is 2. The van der Waals surface area contributed by atoms with Gasteiger partial charge in [-0.05, 0) is 49.7 Å². The zero-order valence-electron chi connectivity index (χ0n) is 14.4. The van der Waals surface area contributed by atoms with E-state index in [0.717, 1.165) is 43.1 Å². The minimum atomic E-state index is -0.0283. The largest absolute Gasteiger partial charge is 0.299 e. The molecule has 6 heteroatoms. The average molecular weight is 390 g/mol. The second-order valence-corrected chi connectivity index (χ2v) is 7.28. The SMILES string of the molecule is O=C(NN=Cc1ccccc1Cl)C1CCN(Cc2ccc(Cl)cc2)CC1. The Hall–Kier alpha value is -1.88.